The van der Waals surface area contributed by atoms with Crippen LogP contribution in [0.3, 0.4) is 0 Å². The molecule has 2 aliphatic heterocycles. The number of amides is 1. The van der Waals surface area contributed by atoms with Crippen molar-refractivity contribution in [2.45, 2.75) is 82.8 Å². The van der Waals surface area contributed by atoms with Crippen LogP contribution in [0.15, 0.2) is 19.6 Å². The van der Waals surface area contributed by atoms with Crippen LogP contribution in [-0.2, 0) is 0 Å². The number of hydrogen-bond acceptors (Lipinski definition) is 12. The maximum Gasteiger partial charge on any atom is 0.251 e. The Balaban J connectivity index is 1.24. The van der Waals surface area contributed by atoms with E-state index in [-0.39, 0.29) is 39.9 Å². The summed E-state index contributed by atoms with van der Waals surface area (Å²) in [6.45, 7) is 15.9. The molecule has 0 radical (unpaired) electrons. The molecule has 1 aromatic carbocycles. The van der Waals surface area contributed by atoms with Crippen molar-refractivity contribution in [3.8, 4) is 18.2 Å². The lowest BCUT2D eigenvalue weighted by molar-refractivity contribution is 0.0993. The lowest BCUT2D eigenvalue weighted by atomic mass is 10.1. The molecule has 51 heavy (non-hydrogen) atoms. The average molecular weight is 741 g/mol. The highest BCUT2D eigenvalue weighted by Crippen LogP contribution is 2.63. The minimum atomic E-state index is -0.699. The summed E-state index contributed by atoms with van der Waals surface area (Å²) in [5, 5.41) is 41.4. The van der Waals surface area contributed by atoms with Crippen LogP contribution in [0, 0.1) is 47.1 Å². The molecule has 9 rings (SSSR count). The number of thioether (sulfide) groups is 4. The fourth-order valence-electron chi connectivity index (χ4n) is 7.43. The molecular formula is C34H20N12OS4. The Hall–Kier alpha value is -5.22. The Labute approximate surface area is 306 Å². The van der Waals surface area contributed by atoms with Gasteiger partial charge >= 0.3 is 0 Å². The molecule has 17 heteroatoms. The molecule has 246 valence electrons. The van der Waals surface area contributed by atoms with Gasteiger partial charge in [-0.3, -0.25) is 4.79 Å². The lowest BCUT2D eigenvalue weighted by Crippen LogP contribution is -2.15. The predicted molar refractivity (Wildman–Crippen MR) is 191 cm³/mol. The van der Waals surface area contributed by atoms with Gasteiger partial charge in [-0.2, -0.15) is 26.0 Å². The molecule has 4 aromatic heterocycles. The Bertz CT molecular complexity index is 2600. The van der Waals surface area contributed by atoms with Crippen LogP contribution in [-0.4, -0.2) is 35.1 Å². The van der Waals surface area contributed by atoms with E-state index < -0.39 is 5.91 Å². The number of fused-ring (bicyclic) bond motifs is 4. The van der Waals surface area contributed by atoms with Gasteiger partial charge in [0.1, 0.15) is 11.6 Å². The Morgan fingerprint density at radius 1 is 0.686 bits per heavy atom. The molecule has 2 aliphatic carbocycles. The molecule has 0 saturated heterocycles. The predicted octanol–water partition coefficient (Wildman–Crippen LogP) is 6.27. The summed E-state index contributed by atoms with van der Waals surface area (Å²) in [7, 11) is 0. The van der Waals surface area contributed by atoms with Crippen LogP contribution in [0.1, 0.15) is 102 Å². The van der Waals surface area contributed by atoms with Crippen LogP contribution in [0.25, 0.3) is 29.5 Å². The highest BCUT2D eigenvalue weighted by Gasteiger charge is 2.39. The molecule has 2 fully saturated rings. The van der Waals surface area contributed by atoms with Crippen LogP contribution in [0.2, 0.25) is 0 Å². The van der Waals surface area contributed by atoms with E-state index in [1.807, 2.05) is 0 Å². The van der Waals surface area contributed by atoms with Gasteiger partial charge in [0.15, 0.2) is 22.9 Å². The van der Waals surface area contributed by atoms with E-state index in [0.717, 1.165) is 51.4 Å². The minimum Gasteiger partial charge on any atom is -0.366 e. The molecule has 0 bridgehead atoms. The normalized spacial score (nSPS) is 19.2. The van der Waals surface area contributed by atoms with Gasteiger partial charge in [0.2, 0.25) is 11.4 Å². The van der Waals surface area contributed by atoms with Crippen molar-refractivity contribution in [1.29, 1.82) is 15.8 Å². The molecule has 4 aliphatic rings. The molecule has 13 nitrogen and oxygen atoms in total. The van der Waals surface area contributed by atoms with Gasteiger partial charge in [-0.25, -0.2) is 28.7 Å². The first-order chi connectivity index (χ1) is 24.9. The first-order valence-corrected chi connectivity index (χ1v) is 19.3. The average Bonchev–Trinajstić information content (AvgIpc) is 3.97. The molecule has 0 unspecified atom stereocenters. The summed E-state index contributed by atoms with van der Waals surface area (Å²) in [6, 6.07) is 6.68. The van der Waals surface area contributed by atoms with Crippen LogP contribution >= 0.6 is 47.0 Å². The van der Waals surface area contributed by atoms with E-state index in [0.29, 0.717) is 67.3 Å². The highest BCUT2D eigenvalue weighted by atomic mass is 32.2. The van der Waals surface area contributed by atoms with E-state index in [9.17, 15) is 20.6 Å². The minimum absolute atomic E-state index is 0.115. The molecule has 2 saturated carbocycles. The summed E-state index contributed by atoms with van der Waals surface area (Å²) in [6.07, 6.45) is 8.18. The van der Waals surface area contributed by atoms with Crippen LogP contribution < -0.4 is 16.4 Å². The summed E-state index contributed by atoms with van der Waals surface area (Å²) in [5.74, 6) is 0.969. The SMILES string of the molecule is [C-]#[N+]c1c(C#N)c2nc(C3CCCC3)nn2c1=C1Sc2c(C#N)c3c(c(C(N)=O)c2S1)SC(=c1c(C#N)c([N+]#[C-])c2nc(C4CCCC4)nn12)S3. The topological polar surface area (TPSA) is 184 Å². The van der Waals surface area contributed by atoms with Crippen molar-refractivity contribution >= 4 is 84.1 Å². The van der Waals surface area contributed by atoms with E-state index in [4.69, 9.17) is 39.0 Å². The van der Waals surface area contributed by atoms with E-state index >= 15 is 0 Å². The Morgan fingerprint density at radius 3 is 1.65 bits per heavy atom. The number of carbonyl (C=O) groups excluding carboxylic acids is 1. The number of rotatable bonds is 3. The Kier molecular flexibility index (Phi) is 7.43. The van der Waals surface area contributed by atoms with E-state index in [1.54, 1.807) is 9.03 Å². The number of primary amides is 1. The van der Waals surface area contributed by atoms with Gasteiger partial charge in [0.25, 0.3) is 5.91 Å². The monoisotopic (exact) mass is 740 g/mol. The second kappa shape index (κ2) is 11.9. The van der Waals surface area contributed by atoms with Gasteiger partial charge in [-0.15, -0.1) is 0 Å². The third-order valence-electron chi connectivity index (χ3n) is 9.77. The Morgan fingerprint density at radius 2 is 1.16 bits per heavy atom. The number of benzene rings is 1. The molecular weight excluding hydrogens is 721 g/mol. The fraction of sp³-hybridized carbons (Fsp3) is 0.294. The quantitative estimate of drug-likeness (QED) is 0.205. The highest BCUT2D eigenvalue weighted by molar-refractivity contribution is 8.33. The van der Waals surface area contributed by atoms with E-state index in [1.165, 1.54) is 47.0 Å². The number of hydrogen-bond donors (Lipinski definition) is 1. The van der Waals surface area contributed by atoms with Crippen molar-refractivity contribution in [2.75, 3.05) is 0 Å². The largest absolute Gasteiger partial charge is 0.366 e. The zero-order chi connectivity index (χ0) is 35.1. The van der Waals surface area contributed by atoms with Gasteiger partial charge in [0, 0.05) is 31.4 Å². The molecule has 0 spiro atoms. The molecule has 1 amide bonds. The van der Waals surface area contributed by atoms with Crippen molar-refractivity contribution in [1.82, 2.24) is 29.2 Å². The number of carbonyl (C=O) groups is 1. The maximum atomic E-state index is 13.3. The molecule has 0 atom stereocenters. The van der Waals surface area contributed by atoms with Crippen molar-refractivity contribution in [3.05, 3.63) is 67.4 Å². The lowest BCUT2D eigenvalue weighted by Gasteiger charge is -2.10. The molecule has 2 N–H and O–H groups in total. The first-order valence-electron chi connectivity index (χ1n) is 16.0. The molecule has 6 heterocycles. The van der Waals surface area contributed by atoms with Crippen LogP contribution in [0.4, 0.5) is 11.4 Å². The van der Waals surface area contributed by atoms with Crippen molar-refractivity contribution < 1.29 is 4.79 Å². The second-order valence-electron chi connectivity index (χ2n) is 12.5. The smallest absolute Gasteiger partial charge is 0.251 e. The zero-order valence-corrected chi connectivity index (χ0v) is 29.6. The van der Waals surface area contributed by atoms with Gasteiger partial charge in [0.05, 0.1) is 61.1 Å². The van der Waals surface area contributed by atoms with Gasteiger partial charge < -0.3 is 5.73 Å². The summed E-state index contributed by atoms with van der Waals surface area (Å²) in [5.41, 5.74) is 7.78. The maximum absolute atomic E-state index is 13.3. The third-order valence-corrected chi connectivity index (χ3v) is 15.0. The number of nitriles is 3. The standard InChI is InChI=1S/C34H20N12OS4/c1-39-20-17(12-36)31-41-29(14-7-3-4-8-14)44-46(31)23(20)34-49-25-18(13-37)24-26(19(28(38)47)27(25)51-34)50-33(48-24)22-16(11-35)21(40-2)32-42-30(43-45(22)32)15-9-5-6-10-15/h14-15H,3-10H2,(H2,38,47). The van der Waals surface area contributed by atoms with Crippen molar-refractivity contribution in [3.63, 3.8) is 0 Å². The summed E-state index contributed by atoms with van der Waals surface area (Å²) >= 11 is 4.91. The number of nitrogens with zero attached hydrogens (tertiary/aromatic N) is 11. The van der Waals surface area contributed by atoms with Gasteiger partial charge in [-0.05, 0) is 25.7 Å². The zero-order valence-electron chi connectivity index (χ0n) is 26.3. The van der Waals surface area contributed by atoms with Crippen LogP contribution in [0.5, 0.6) is 0 Å². The first kappa shape index (κ1) is 31.7. The number of nitrogens with two attached hydrogens (primary N) is 1. The summed E-state index contributed by atoms with van der Waals surface area (Å²) < 4.78 is 4.30. The fourth-order valence-corrected chi connectivity index (χ4v) is 13.1. The number of aromatic nitrogens is 6. The van der Waals surface area contributed by atoms with Gasteiger partial charge in [-0.1, -0.05) is 72.7 Å². The summed E-state index contributed by atoms with van der Waals surface area (Å²) in [4.78, 5) is 32.1. The molecule has 5 aromatic rings. The van der Waals surface area contributed by atoms with Crippen molar-refractivity contribution in [2.24, 2.45) is 5.73 Å². The second-order valence-corrected chi connectivity index (χ2v) is 17.1. The van der Waals surface area contributed by atoms with E-state index in [2.05, 4.69) is 27.9 Å². The third kappa shape index (κ3) is 4.51.